The molecular formula is C13H9ClN2OS. The minimum Gasteiger partial charge on any atom is -0.436 e. The molecule has 18 heavy (non-hydrogen) atoms. The average molecular weight is 277 g/mol. The zero-order chi connectivity index (χ0) is 12.7. The molecule has 5 heteroatoms. The summed E-state index contributed by atoms with van der Waals surface area (Å²) in [7, 11) is 0. The molecule has 0 saturated carbocycles. The van der Waals surface area contributed by atoms with Crippen LogP contribution in [0.1, 0.15) is 0 Å². The Morgan fingerprint density at radius 3 is 2.72 bits per heavy atom. The maximum atomic E-state index is 6.02. The van der Waals surface area contributed by atoms with Gasteiger partial charge < -0.3 is 10.2 Å². The first-order valence-electron chi connectivity index (χ1n) is 5.29. The number of aromatic nitrogens is 1. The number of hydrogen-bond donors (Lipinski definition) is 2. The Bertz CT molecular complexity index is 683. The summed E-state index contributed by atoms with van der Waals surface area (Å²) < 4.78 is 5.66. The number of nitrogen functional groups attached to an aromatic ring is 1. The number of halogens is 1. The van der Waals surface area contributed by atoms with Crippen LogP contribution < -0.4 is 5.73 Å². The van der Waals surface area contributed by atoms with Crippen LogP contribution in [0.3, 0.4) is 0 Å². The summed E-state index contributed by atoms with van der Waals surface area (Å²) in [5.74, 6) is 0.508. The van der Waals surface area contributed by atoms with Crippen molar-refractivity contribution in [1.29, 1.82) is 0 Å². The predicted octanol–water partition coefficient (Wildman–Crippen LogP) is 4.02. The van der Waals surface area contributed by atoms with Crippen LogP contribution in [-0.2, 0) is 0 Å². The van der Waals surface area contributed by atoms with Crippen molar-refractivity contribution in [3.8, 4) is 11.5 Å². The normalized spacial score (nSPS) is 11.0. The molecule has 2 N–H and O–H groups in total. The fraction of sp³-hybridized carbons (Fsp3) is 0. The molecule has 1 aromatic heterocycles. The third-order valence-corrected chi connectivity index (χ3v) is 3.33. The van der Waals surface area contributed by atoms with Gasteiger partial charge in [-0.1, -0.05) is 23.7 Å². The number of thiol groups is 1. The first kappa shape index (κ1) is 11.4. The topological polar surface area (TPSA) is 52.0 Å². The van der Waals surface area contributed by atoms with Gasteiger partial charge in [0.05, 0.1) is 10.7 Å². The molecule has 0 saturated heterocycles. The number of hydrogen-bond acceptors (Lipinski definition) is 4. The van der Waals surface area contributed by atoms with Crippen LogP contribution in [0, 0.1) is 0 Å². The summed E-state index contributed by atoms with van der Waals surface area (Å²) in [6, 6.07) is 11.1. The Labute approximate surface area is 114 Å². The molecule has 0 fully saturated rings. The molecule has 0 amide bonds. The third kappa shape index (κ3) is 1.83. The SMILES string of the molecule is Nc1c(S)cc(-c2nc3ccccc3o2)cc1Cl. The van der Waals surface area contributed by atoms with E-state index >= 15 is 0 Å². The largest absolute Gasteiger partial charge is 0.436 e. The maximum absolute atomic E-state index is 6.02. The van der Waals surface area contributed by atoms with E-state index in [1.807, 2.05) is 24.3 Å². The van der Waals surface area contributed by atoms with E-state index in [1.165, 1.54) is 0 Å². The molecule has 3 rings (SSSR count). The highest BCUT2D eigenvalue weighted by Gasteiger charge is 2.11. The van der Waals surface area contributed by atoms with Crippen molar-refractivity contribution in [2.24, 2.45) is 0 Å². The molecule has 0 aliphatic heterocycles. The van der Waals surface area contributed by atoms with Gasteiger partial charge in [-0.3, -0.25) is 0 Å². The van der Waals surface area contributed by atoms with Crippen molar-refractivity contribution >= 4 is 41.0 Å². The van der Waals surface area contributed by atoms with Crippen molar-refractivity contribution < 1.29 is 4.42 Å². The van der Waals surface area contributed by atoms with Gasteiger partial charge in [-0.2, -0.15) is 0 Å². The zero-order valence-corrected chi connectivity index (χ0v) is 10.9. The highest BCUT2D eigenvalue weighted by Crippen LogP contribution is 2.33. The number of nitrogens with zero attached hydrogens (tertiary/aromatic N) is 1. The Hall–Kier alpha value is -1.65. The lowest BCUT2D eigenvalue weighted by molar-refractivity contribution is 0.619. The van der Waals surface area contributed by atoms with E-state index in [-0.39, 0.29) is 0 Å². The van der Waals surface area contributed by atoms with Gasteiger partial charge in [0, 0.05) is 10.5 Å². The standard InChI is InChI=1S/C13H9ClN2OS/c14-8-5-7(6-11(18)12(8)15)13-16-9-3-1-2-4-10(9)17-13/h1-6,18H,15H2. The monoisotopic (exact) mass is 276 g/mol. The van der Waals surface area contributed by atoms with Gasteiger partial charge in [-0.05, 0) is 24.3 Å². The van der Waals surface area contributed by atoms with Gasteiger partial charge >= 0.3 is 0 Å². The van der Waals surface area contributed by atoms with Crippen molar-refractivity contribution in [3.05, 3.63) is 41.4 Å². The first-order valence-corrected chi connectivity index (χ1v) is 6.11. The van der Waals surface area contributed by atoms with Crippen LogP contribution in [0.25, 0.3) is 22.6 Å². The Morgan fingerprint density at radius 1 is 1.22 bits per heavy atom. The summed E-state index contributed by atoms with van der Waals surface area (Å²) in [6.45, 7) is 0. The van der Waals surface area contributed by atoms with Crippen LogP contribution in [0.15, 0.2) is 45.7 Å². The Balaban J connectivity index is 2.20. The summed E-state index contributed by atoms with van der Waals surface area (Å²) in [5, 5.41) is 0.444. The molecule has 0 spiro atoms. The minimum absolute atomic E-state index is 0.444. The summed E-state index contributed by atoms with van der Waals surface area (Å²) in [5.41, 5.74) is 8.51. The molecule has 1 heterocycles. The van der Waals surface area contributed by atoms with Crippen molar-refractivity contribution in [2.75, 3.05) is 5.73 Å². The highest BCUT2D eigenvalue weighted by atomic mass is 35.5. The van der Waals surface area contributed by atoms with Crippen LogP contribution >= 0.6 is 24.2 Å². The number of para-hydroxylation sites is 2. The van der Waals surface area contributed by atoms with Gasteiger partial charge in [-0.25, -0.2) is 4.98 Å². The molecule has 0 bridgehead atoms. The summed E-state index contributed by atoms with van der Waals surface area (Å²) in [4.78, 5) is 5.01. The molecule has 2 aromatic carbocycles. The van der Waals surface area contributed by atoms with Crippen molar-refractivity contribution in [3.63, 3.8) is 0 Å². The molecule has 3 nitrogen and oxygen atoms in total. The van der Waals surface area contributed by atoms with E-state index < -0.39 is 0 Å². The van der Waals surface area contributed by atoms with Gasteiger partial charge in [-0.15, -0.1) is 12.6 Å². The van der Waals surface area contributed by atoms with Gasteiger partial charge in [0.1, 0.15) is 5.52 Å². The molecule has 0 atom stereocenters. The van der Waals surface area contributed by atoms with E-state index in [9.17, 15) is 0 Å². The van der Waals surface area contributed by atoms with E-state index in [2.05, 4.69) is 17.6 Å². The zero-order valence-electron chi connectivity index (χ0n) is 9.22. The van der Waals surface area contributed by atoms with Crippen LogP contribution in [0.5, 0.6) is 0 Å². The van der Waals surface area contributed by atoms with E-state index in [0.29, 0.717) is 21.5 Å². The lowest BCUT2D eigenvalue weighted by atomic mass is 10.2. The van der Waals surface area contributed by atoms with E-state index in [4.69, 9.17) is 21.8 Å². The van der Waals surface area contributed by atoms with E-state index in [1.54, 1.807) is 12.1 Å². The number of oxazole rings is 1. The average Bonchev–Trinajstić information content (AvgIpc) is 2.79. The fourth-order valence-electron chi connectivity index (χ4n) is 1.72. The number of anilines is 1. The second kappa shape index (κ2) is 4.23. The molecule has 0 radical (unpaired) electrons. The minimum atomic E-state index is 0.444. The summed E-state index contributed by atoms with van der Waals surface area (Å²) >= 11 is 10.3. The second-order valence-electron chi connectivity index (χ2n) is 3.88. The Kier molecular flexibility index (Phi) is 2.69. The molecule has 0 unspecified atom stereocenters. The molecule has 3 aromatic rings. The van der Waals surface area contributed by atoms with Crippen LogP contribution in [0.2, 0.25) is 5.02 Å². The van der Waals surface area contributed by atoms with Crippen LogP contribution in [-0.4, -0.2) is 4.98 Å². The van der Waals surface area contributed by atoms with Gasteiger partial charge in [0.25, 0.3) is 0 Å². The molecule has 90 valence electrons. The fourth-order valence-corrected chi connectivity index (χ4v) is 2.27. The number of nitrogens with two attached hydrogens (primary N) is 1. The van der Waals surface area contributed by atoms with Gasteiger partial charge in [0.2, 0.25) is 5.89 Å². The number of benzene rings is 2. The lowest BCUT2D eigenvalue weighted by Gasteiger charge is -2.03. The van der Waals surface area contributed by atoms with Crippen molar-refractivity contribution in [2.45, 2.75) is 4.90 Å². The Morgan fingerprint density at radius 2 is 2.00 bits per heavy atom. The molecule has 0 aliphatic rings. The lowest BCUT2D eigenvalue weighted by Crippen LogP contribution is -1.89. The quantitative estimate of drug-likeness (QED) is 0.521. The maximum Gasteiger partial charge on any atom is 0.227 e. The highest BCUT2D eigenvalue weighted by molar-refractivity contribution is 7.80. The second-order valence-corrected chi connectivity index (χ2v) is 4.77. The smallest absolute Gasteiger partial charge is 0.227 e. The molecular weight excluding hydrogens is 268 g/mol. The summed E-state index contributed by atoms with van der Waals surface area (Å²) in [6.07, 6.45) is 0. The third-order valence-electron chi connectivity index (χ3n) is 2.65. The van der Waals surface area contributed by atoms with Crippen LogP contribution in [0.4, 0.5) is 5.69 Å². The predicted molar refractivity (Wildman–Crippen MR) is 76.1 cm³/mol. The first-order chi connectivity index (χ1) is 8.65. The number of rotatable bonds is 1. The van der Waals surface area contributed by atoms with E-state index in [0.717, 1.165) is 16.7 Å². The molecule has 0 aliphatic carbocycles. The van der Waals surface area contributed by atoms with Crippen molar-refractivity contribution in [1.82, 2.24) is 4.98 Å². The number of fused-ring (bicyclic) bond motifs is 1. The van der Waals surface area contributed by atoms with Gasteiger partial charge in [0.15, 0.2) is 5.58 Å².